The normalized spacial score (nSPS) is 10.3. The van der Waals surface area contributed by atoms with Crippen LogP contribution in [0.2, 0.25) is 0 Å². The number of benzene rings is 2. The molecule has 0 fully saturated rings. The van der Waals surface area contributed by atoms with Crippen LogP contribution in [0.1, 0.15) is 11.1 Å². The smallest absolute Gasteiger partial charge is 0.324 e. The van der Waals surface area contributed by atoms with Gasteiger partial charge in [0.2, 0.25) is 0 Å². The van der Waals surface area contributed by atoms with Crippen LogP contribution in [0, 0.1) is 6.92 Å². The van der Waals surface area contributed by atoms with Gasteiger partial charge in [0.1, 0.15) is 5.75 Å². The molecule has 0 atom stereocenters. The second-order valence-electron chi connectivity index (χ2n) is 5.70. The number of nitrogens with zero attached hydrogens (tertiary/aromatic N) is 2. The fraction of sp³-hybridized carbons (Fsp3) is 0.158. The summed E-state index contributed by atoms with van der Waals surface area (Å²) in [6.45, 7) is 2.71. The lowest BCUT2D eigenvalue weighted by Gasteiger charge is -2.07. The zero-order chi connectivity index (χ0) is 17.6. The molecule has 128 valence electrons. The van der Waals surface area contributed by atoms with Crippen LogP contribution >= 0.6 is 0 Å². The molecule has 6 heteroatoms. The van der Waals surface area contributed by atoms with Gasteiger partial charge in [-0.15, -0.1) is 0 Å². The first kappa shape index (κ1) is 16.6. The van der Waals surface area contributed by atoms with Crippen molar-refractivity contribution in [3.63, 3.8) is 0 Å². The van der Waals surface area contributed by atoms with E-state index >= 15 is 0 Å². The Morgan fingerprint density at radius 1 is 1.12 bits per heavy atom. The molecule has 0 saturated carbocycles. The Balaban J connectivity index is 1.58. The maximum absolute atomic E-state index is 12.1. The number of aryl methyl sites for hydroxylation is 1. The highest BCUT2D eigenvalue weighted by atomic mass is 16.5. The van der Waals surface area contributed by atoms with Gasteiger partial charge in [0, 0.05) is 24.0 Å². The topological polar surface area (TPSA) is 68.2 Å². The molecular weight excluding hydrogens is 316 g/mol. The maximum atomic E-state index is 12.1. The molecule has 0 aliphatic rings. The van der Waals surface area contributed by atoms with Gasteiger partial charge in [0.05, 0.1) is 13.7 Å². The van der Waals surface area contributed by atoms with E-state index in [1.165, 1.54) is 5.56 Å². The number of amides is 2. The number of carbonyl (C=O) groups excluding carboxylic acids is 1. The number of hydrogen-bond donors (Lipinski definition) is 2. The number of ether oxygens (including phenoxy) is 1. The van der Waals surface area contributed by atoms with Crippen molar-refractivity contribution in [3.05, 3.63) is 71.9 Å². The van der Waals surface area contributed by atoms with Crippen molar-refractivity contribution in [2.24, 2.45) is 0 Å². The first-order chi connectivity index (χ1) is 12.1. The van der Waals surface area contributed by atoms with Crippen LogP contribution in [0.4, 0.5) is 16.3 Å². The highest BCUT2D eigenvalue weighted by Crippen LogP contribution is 2.17. The van der Waals surface area contributed by atoms with Crippen LogP contribution in [-0.2, 0) is 6.54 Å². The number of nitrogens with one attached hydrogen (secondary N) is 2. The van der Waals surface area contributed by atoms with Crippen molar-refractivity contribution < 1.29 is 9.53 Å². The molecule has 0 spiro atoms. The summed E-state index contributed by atoms with van der Waals surface area (Å²) < 4.78 is 6.92. The monoisotopic (exact) mass is 336 g/mol. The van der Waals surface area contributed by atoms with E-state index in [0.29, 0.717) is 23.8 Å². The fourth-order valence-corrected chi connectivity index (χ4v) is 2.38. The summed E-state index contributed by atoms with van der Waals surface area (Å²) in [6, 6.07) is 16.8. The predicted octanol–water partition coefficient (Wildman–Crippen LogP) is 3.89. The van der Waals surface area contributed by atoms with E-state index in [-0.39, 0.29) is 6.03 Å². The van der Waals surface area contributed by atoms with Gasteiger partial charge in [-0.2, -0.15) is 5.10 Å². The van der Waals surface area contributed by atoms with Gasteiger partial charge in [-0.25, -0.2) is 4.79 Å². The van der Waals surface area contributed by atoms with E-state index in [1.54, 1.807) is 30.0 Å². The number of methoxy groups -OCH3 is 1. The zero-order valence-electron chi connectivity index (χ0n) is 14.2. The molecule has 1 aromatic heterocycles. The van der Waals surface area contributed by atoms with E-state index in [2.05, 4.69) is 46.9 Å². The molecular formula is C19H20N4O2. The van der Waals surface area contributed by atoms with Crippen molar-refractivity contribution in [3.8, 4) is 5.75 Å². The van der Waals surface area contributed by atoms with Crippen LogP contribution < -0.4 is 15.4 Å². The quantitative estimate of drug-likeness (QED) is 0.743. The lowest BCUT2D eigenvalue weighted by Crippen LogP contribution is -2.19. The number of aromatic nitrogens is 2. The average molecular weight is 336 g/mol. The van der Waals surface area contributed by atoms with Crippen molar-refractivity contribution in [1.29, 1.82) is 0 Å². The highest BCUT2D eigenvalue weighted by Gasteiger charge is 2.06. The molecule has 3 rings (SSSR count). The third kappa shape index (κ3) is 4.60. The summed E-state index contributed by atoms with van der Waals surface area (Å²) in [5.41, 5.74) is 3.03. The van der Waals surface area contributed by atoms with Gasteiger partial charge < -0.3 is 10.1 Å². The first-order valence-electron chi connectivity index (χ1n) is 7.93. The molecule has 0 unspecified atom stereocenters. The van der Waals surface area contributed by atoms with Crippen LogP contribution in [0.3, 0.4) is 0 Å². The minimum atomic E-state index is -0.353. The number of hydrogen-bond acceptors (Lipinski definition) is 3. The Morgan fingerprint density at radius 3 is 2.68 bits per heavy atom. The standard InChI is InChI=1S/C19H20N4O2/c1-14-6-8-15(9-7-14)13-23-11-10-18(22-23)21-19(24)20-16-4-3-5-17(12-16)25-2/h3-12H,13H2,1-2H3,(H2,20,21,22,24). The molecule has 0 saturated heterocycles. The SMILES string of the molecule is COc1cccc(NC(=O)Nc2ccn(Cc3ccc(C)cc3)n2)c1. The van der Waals surface area contributed by atoms with Gasteiger partial charge in [-0.05, 0) is 24.6 Å². The molecule has 0 bridgehead atoms. The van der Waals surface area contributed by atoms with E-state index in [9.17, 15) is 4.79 Å². The minimum Gasteiger partial charge on any atom is -0.497 e. The van der Waals surface area contributed by atoms with Crippen LogP contribution in [-0.4, -0.2) is 22.9 Å². The number of urea groups is 1. The van der Waals surface area contributed by atoms with Crippen LogP contribution in [0.15, 0.2) is 60.8 Å². The minimum absolute atomic E-state index is 0.353. The third-order valence-corrected chi connectivity index (χ3v) is 3.68. The molecule has 0 aliphatic heterocycles. The summed E-state index contributed by atoms with van der Waals surface area (Å²) >= 11 is 0. The van der Waals surface area contributed by atoms with E-state index in [1.807, 2.05) is 18.3 Å². The molecule has 25 heavy (non-hydrogen) atoms. The Kier molecular flexibility index (Phi) is 4.99. The van der Waals surface area contributed by atoms with Gasteiger partial charge in [-0.3, -0.25) is 10.00 Å². The Bertz CT molecular complexity index is 856. The lowest BCUT2D eigenvalue weighted by atomic mass is 10.1. The van der Waals surface area contributed by atoms with Crippen molar-refractivity contribution in [1.82, 2.24) is 9.78 Å². The largest absolute Gasteiger partial charge is 0.497 e. The molecule has 0 aliphatic carbocycles. The highest BCUT2D eigenvalue weighted by molar-refractivity contribution is 5.99. The predicted molar refractivity (Wildman–Crippen MR) is 98.1 cm³/mol. The molecule has 1 heterocycles. The molecule has 2 N–H and O–H groups in total. The second kappa shape index (κ2) is 7.53. The molecule has 0 radical (unpaired) electrons. The Labute approximate surface area is 146 Å². The number of rotatable bonds is 5. The summed E-state index contributed by atoms with van der Waals surface area (Å²) in [6.07, 6.45) is 1.83. The summed E-state index contributed by atoms with van der Waals surface area (Å²) in [5, 5.41) is 9.83. The summed E-state index contributed by atoms with van der Waals surface area (Å²) in [5.74, 6) is 1.17. The zero-order valence-corrected chi connectivity index (χ0v) is 14.2. The van der Waals surface area contributed by atoms with E-state index in [4.69, 9.17) is 4.74 Å². The Morgan fingerprint density at radius 2 is 1.92 bits per heavy atom. The van der Waals surface area contributed by atoms with Gasteiger partial charge in [0.15, 0.2) is 5.82 Å². The lowest BCUT2D eigenvalue weighted by molar-refractivity contribution is 0.262. The van der Waals surface area contributed by atoms with Crippen LogP contribution in [0.25, 0.3) is 0 Å². The summed E-state index contributed by atoms with van der Waals surface area (Å²) in [7, 11) is 1.58. The summed E-state index contributed by atoms with van der Waals surface area (Å²) in [4.78, 5) is 12.1. The van der Waals surface area contributed by atoms with Gasteiger partial charge >= 0.3 is 6.03 Å². The van der Waals surface area contributed by atoms with E-state index < -0.39 is 0 Å². The van der Waals surface area contributed by atoms with Crippen molar-refractivity contribution in [2.75, 3.05) is 17.7 Å². The number of anilines is 2. The maximum Gasteiger partial charge on any atom is 0.324 e. The average Bonchev–Trinajstić information content (AvgIpc) is 3.04. The van der Waals surface area contributed by atoms with Crippen molar-refractivity contribution in [2.45, 2.75) is 13.5 Å². The molecule has 3 aromatic rings. The van der Waals surface area contributed by atoms with Gasteiger partial charge in [-0.1, -0.05) is 35.9 Å². The first-order valence-corrected chi connectivity index (χ1v) is 7.93. The Hall–Kier alpha value is -3.28. The molecule has 6 nitrogen and oxygen atoms in total. The van der Waals surface area contributed by atoms with Crippen molar-refractivity contribution >= 4 is 17.5 Å². The fourth-order valence-electron chi connectivity index (χ4n) is 2.38. The third-order valence-electron chi connectivity index (χ3n) is 3.68. The molecule has 2 amide bonds. The second-order valence-corrected chi connectivity index (χ2v) is 5.70. The molecule has 2 aromatic carbocycles. The van der Waals surface area contributed by atoms with Crippen LogP contribution in [0.5, 0.6) is 5.75 Å². The van der Waals surface area contributed by atoms with Gasteiger partial charge in [0.25, 0.3) is 0 Å². The number of carbonyl (C=O) groups is 1. The van der Waals surface area contributed by atoms with E-state index in [0.717, 1.165) is 5.56 Å².